The van der Waals surface area contributed by atoms with Crippen LogP contribution in [0.2, 0.25) is 0 Å². The minimum atomic E-state index is 0.101. The first-order valence-electron chi connectivity index (χ1n) is 8.13. The zero-order chi connectivity index (χ0) is 15.2. The first kappa shape index (κ1) is 15.3. The van der Waals surface area contributed by atoms with Gasteiger partial charge in [0.15, 0.2) is 0 Å². The van der Waals surface area contributed by atoms with Crippen LogP contribution in [0.25, 0.3) is 6.08 Å². The molecule has 2 saturated heterocycles. The van der Waals surface area contributed by atoms with Gasteiger partial charge in [0.25, 0.3) is 0 Å². The monoisotopic (exact) mass is 300 g/mol. The Hall–Kier alpha value is -1.65. The normalized spacial score (nSPS) is 23.3. The summed E-state index contributed by atoms with van der Waals surface area (Å²) in [7, 11) is 0. The largest absolute Gasteiger partial charge is 0.381 e. The molecule has 1 atom stereocenters. The number of hydrogen-bond acceptors (Lipinski definition) is 3. The third-order valence-corrected chi connectivity index (χ3v) is 4.44. The predicted molar refractivity (Wildman–Crippen MR) is 87.4 cm³/mol. The third-order valence-electron chi connectivity index (χ3n) is 4.44. The Morgan fingerprint density at radius 3 is 2.64 bits per heavy atom. The molecule has 1 aromatic rings. The predicted octanol–water partition coefficient (Wildman–Crippen LogP) is 1.88. The summed E-state index contributed by atoms with van der Waals surface area (Å²) in [6.07, 6.45) is 5.25. The highest BCUT2D eigenvalue weighted by atomic mass is 16.5. The quantitative estimate of drug-likeness (QED) is 0.851. The number of piperazine rings is 1. The van der Waals surface area contributed by atoms with Crippen LogP contribution >= 0.6 is 0 Å². The Labute approximate surface area is 132 Å². The lowest BCUT2D eigenvalue weighted by molar-refractivity contribution is -0.137. The van der Waals surface area contributed by atoms with Crippen LogP contribution in [0.15, 0.2) is 36.4 Å². The molecule has 1 unspecified atom stereocenters. The summed E-state index contributed by atoms with van der Waals surface area (Å²) in [5, 5.41) is 0. The molecular weight excluding hydrogens is 276 g/mol. The maximum atomic E-state index is 12.3. The number of ether oxygens (including phenoxy) is 1. The molecule has 0 bridgehead atoms. The molecule has 2 heterocycles. The van der Waals surface area contributed by atoms with Gasteiger partial charge >= 0.3 is 0 Å². The minimum absolute atomic E-state index is 0.101. The van der Waals surface area contributed by atoms with Gasteiger partial charge in [-0.1, -0.05) is 42.5 Å². The van der Waals surface area contributed by atoms with E-state index < -0.39 is 0 Å². The topological polar surface area (TPSA) is 32.8 Å². The van der Waals surface area contributed by atoms with Crippen LogP contribution in [0.1, 0.15) is 12.0 Å². The van der Waals surface area contributed by atoms with E-state index in [1.165, 1.54) is 5.56 Å². The zero-order valence-electron chi connectivity index (χ0n) is 13.0. The van der Waals surface area contributed by atoms with Gasteiger partial charge in [0.05, 0.1) is 12.5 Å². The molecule has 2 fully saturated rings. The molecule has 0 aromatic heterocycles. The van der Waals surface area contributed by atoms with E-state index >= 15 is 0 Å². The van der Waals surface area contributed by atoms with Crippen molar-refractivity contribution in [2.75, 3.05) is 45.9 Å². The van der Waals surface area contributed by atoms with Crippen LogP contribution in [-0.4, -0.2) is 61.6 Å². The lowest BCUT2D eigenvalue weighted by atomic mass is 10.1. The lowest BCUT2D eigenvalue weighted by Gasteiger charge is -2.35. The first-order valence-corrected chi connectivity index (χ1v) is 8.13. The van der Waals surface area contributed by atoms with E-state index in [1.807, 2.05) is 11.0 Å². The minimum Gasteiger partial charge on any atom is -0.381 e. The van der Waals surface area contributed by atoms with Crippen molar-refractivity contribution in [1.29, 1.82) is 0 Å². The summed E-state index contributed by atoms with van der Waals surface area (Å²) >= 11 is 0. The van der Waals surface area contributed by atoms with Gasteiger partial charge < -0.3 is 9.64 Å². The lowest BCUT2D eigenvalue weighted by Crippen LogP contribution is -2.50. The van der Waals surface area contributed by atoms with Gasteiger partial charge in [-0.05, 0) is 12.0 Å². The molecule has 1 amide bonds. The highest BCUT2D eigenvalue weighted by molar-refractivity contribution is 5.79. The summed E-state index contributed by atoms with van der Waals surface area (Å²) in [5.41, 5.74) is 1.23. The second kappa shape index (κ2) is 7.56. The van der Waals surface area contributed by atoms with Crippen LogP contribution in [0.5, 0.6) is 0 Å². The van der Waals surface area contributed by atoms with Gasteiger partial charge in [-0.25, -0.2) is 0 Å². The maximum absolute atomic E-state index is 12.3. The summed E-state index contributed by atoms with van der Waals surface area (Å²) in [5.74, 6) is 0.390. The Morgan fingerprint density at radius 1 is 1.18 bits per heavy atom. The van der Waals surface area contributed by atoms with Crippen LogP contribution < -0.4 is 0 Å². The van der Waals surface area contributed by atoms with E-state index in [0.717, 1.165) is 45.8 Å². The molecule has 4 heteroatoms. The van der Waals surface area contributed by atoms with Crippen molar-refractivity contribution < 1.29 is 9.53 Å². The number of benzene rings is 1. The highest BCUT2D eigenvalue weighted by Crippen LogP contribution is 2.16. The number of amides is 1. The zero-order valence-corrected chi connectivity index (χ0v) is 13.0. The second-order valence-corrected chi connectivity index (χ2v) is 6.00. The Bertz CT molecular complexity index is 501. The number of carbonyl (C=O) groups is 1. The summed E-state index contributed by atoms with van der Waals surface area (Å²) < 4.78 is 5.32. The van der Waals surface area contributed by atoms with E-state index in [4.69, 9.17) is 4.74 Å². The van der Waals surface area contributed by atoms with E-state index in [2.05, 4.69) is 41.3 Å². The summed E-state index contributed by atoms with van der Waals surface area (Å²) in [6, 6.07) is 10.4. The van der Waals surface area contributed by atoms with E-state index in [-0.39, 0.29) is 11.8 Å². The van der Waals surface area contributed by atoms with Crippen LogP contribution in [-0.2, 0) is 9.53 Å². The third kappa shape index (κ3) is 3.96. The molecule has 4 nitrogen and oxygen atoms in total. The fraction of sp³-hybridized carbons (Fsp3) is 0.500. The number of hydrogen-bond donors (Lipinski definition) is 0. The number of nitrogens with zero attached hydrogens (tertiary/aromatic N) is 2. The summed E-state index contributed by atoms with van der Waals surface area (Å²) in [4.78, 5) is 16.7. The van der Waals surface area contributed by atoms with Crippen molar-refractivity contribution in [3.05, 3.63) is 42.0 Å². The molecule has 0 spiro atoms. The van der Waals surface area contributed by atoms with Crippen molar-refractivity contribution in [1.82, 2.24) is 9.80 Å². The molecule has 0 radical (unpaired) electrons. The maximum Gasteiger partial charge on any atom is 0.228 e. The van der Waals surface area contributed by atoms with Crippen molar-refractivity contribution >= 4 is 12.0 Å². The molecule has 0 saturated carbocycles. The van der Waals surface area contributed by atoms with Gasteiger partial charge in [0.1, 0.15) is 0 Å². The van der Waals surface area contributed by atoms with E-state index in [1.54, 1.807) is 0 Å². The van der Waals surface area contributed by atoms with Gasteiger partial charge in [0, 0.05) is 39.3 Å². The Balaban J connectivity index is 1.42. The van der Waals surface area contributed by atoms with Crippen LogP contribution in [0, 0.1) is 5.92 Å². The average molecular weight is 300 g/mol. The molecule has 118 valence electrons. The SMILES string of the molecule is O=C(C1CCOC1)N1CCN(CC=Cc2ccccc2)CC1. The van der Waals surface area contributed by atoms with Crippen LogP contribution in [0.3, 0.4) is 0 Å². The molecule has 22 heavy (non-hydrogen) atoms. The Morgan fingerprint density at radius 2 is 1.95 bits per heavy atom. The van der Waals surface area contributed by atoms with E-state index in [0.29, 0.717) is 6.61 Å². The molecular formula is C18H24N2O2. The fourth-order valence-corrected chi connectivity index (χ4v) is 3.04. The van der Waals surface area contributed by atoms with Gasteiger partial charge in [-0.15, -0.1) is 0 Å². The van der Waals surface area contributed by atoms with Gasteiger partial charge in [-0.2, -0.15) is 0 Å². The summed E-state index contributed by atoms with van der Waals surface area (Å²) in [6.45, 7) is 5.89. The van der Waals surface area contributed by atoms with Crippen molar-refractivity contribution in [3.63, 3.8) is 0 Å². The number of rotatable bonds is 4. The van der Waals surface area contributed by atoms with Crippen molar-refractivity contribution in [2.45, 2.75) is 6.42 Å². The molecule has 0 N–H and O–H groups in total. The van der Waals surface area contributed by atoms with Gasteiger partial charge in [-0.3, -0.25) is 9.69 Å². The van der Waals surface area contributed by atoms with Gasteiger partial charge in [0.2, 0.25) is 5.91 Å². The van der Waals surface area contributed by atoms with E-state index in [9.17, 15) is 4.79 Å². The Kier molecular flexibility index (Phi) is 5.24. The molecule has 0 aliphatic carbocycles. The second-order valence-electron chi connectivity index (χ2n) is 6.00. The van der Waals surface area contributed by atoms with Crippen molar-refractivity contribution in [2.24, 2.45) is 5.92 Å². The molecule has 1 aromatic carbocycles. The molecule has 2 aliphatic rings. The highest BCUT2D eigenvalue weighted by Gasteiger charge is 2.29. The smallest absolute Gasteiger partial charge is 0.228 e. The average Bonchev–Trinajstić information content (AvgIpc) is 3.10. The fourth-order valence-electron chi connectivity index (χ4n) is 3.04. The molecule has 2 aliphatic heterocycles. The molecule has 3 rings (SSSR count). The standard InChI is InChI=1S/C18H24N2O2/c21-18(17-8-14-22-15-17)20-12-10-19(11-13-20)9-4-7-16-5-2-1-3-6-16/h1-7,17H,8-15H2. The van der Waals surface area contributed by atoms with Crippen LogP contribution in [0.4, 0.5) is 0 Å². The van der Waals surface area contributed by atoms with Crippen molar-refractivity contribution in [3.8, 4) is 0 Å². The first-order chi connectivity index (χ1) is 10.8. The number of carbonyl (C=O) groups excluding carboxylic acids is 1.